The predicted octanol–water partition coefficient (Wildman–Crippen LogP) is 0.735. The Bertz CT molecular complexity index is 1400. The Morgan fingerprint density at radius 2 is 1.80 bits per heavy atom. The number of amides is 1. The number of hydrogen-bond acceptors (Lipinski definition) is 6. The van der Waals surface area contributed by atoms with Crippen LogP contribution in [0.1, 0.15) is 12.0 Å². The highest BCUT2D eigenvalue weighted by molar-refractivity contribution is 7.91. The average Bonchev–Trinajstić information content (AvgIpc) is 3.04. The number of imidazole rings is 1. The summed E-state index contributed by atoms with van der Waals surface area (Å²) in [5.74, 6) is -1.03. The van der Waals surface area contributed by atoms with Crippen molar-refractivity contribution in [3.63, 3.8) is 0 Å². The van der Waals surface area contributed by atoms with Crippen molar-refractivity contribution in [3.05, 3.63) is 49.6 Å². The van der Waals surface area contributed by atoms with Crippen LogP contribution in [0.5, 0.6) is 0 Å². The predicted molar refractivity (Wildman–Crippen MR) is 113 cm³/mol. The second kappa shape index (κ2) is 7.73. The molecule has 30 heavy (non-hydrogen) atoms. The smallest absolute Gasteiger partial charge is 0.326 e. The number of nitrogens with one attached hydrogen (secondary N) is 1. The maximum Gasteiger partial charge on any atom is 0.332 e. The van der Waals surface area contributed by atoms with Crippen LogP contribution >= 0.6 is 11.6 Å². The summed E-state index contributed by atoms with van der Waals surface area (Å²) >= 11 is 5.92. The standard InChI is InChI=1S/C18H20ClN5O5S/c1-10-5-6-11(19)9-12(10)20-13(25)7-8-30(28,29)17-21-14-15(22(17)2)23(3)18(27)24(4)16(14)26/h5-6,9H,7-8H2,1-4H3,(H,20,25). The lowest BCUT2D eigenvalue weighted by molar-refractivity contribution is -0.115. The zero-order valence-corrected chi connectivity index (χ0v) is 18.3. The monoisotopic (exact) mass is 453 g/mol. The lowest BCUT2D eigenvalue weighted by Gasteiger charge is -2.09. The fourth-order valence-electron chi connectivity index (χ4n) is 3.10. The first-order valence-corrected chi connectivity index (χ1v) is 10.9. The number of aryl methyl sites for hydroxylation is 3. The van der Waals surface area contributed by atoms with Crippen molar-refractivity contribution in [2.24, 2.45) is 21.1 Å². The van der Waals surface area contributed by atoms with E-state index in [0.717, 1.165) is 14.7 Å². The van der Waals surface area contributed by atoms with E-state index in [2.05, 4.69) is 10.3 Å². The van der Waals surface area contributed by atoms with E-state index in [1.165, 1.54) is 25.7 Å². The second-order valence-electron chi connectivity index (χ2n) is 6.91. The molecular formula is C18H20ClN5O5S. The molecule has 1 amide bonds. The number of nitrogens with zero attached hydrogens (tertiary/aromatic N) is 4. The summed E-state index contributed by atoms with van der Waals surface area (Å²) < 4.78 is 28.8. The zero-order valence-electron chi connectivity index (χ0n) is 16.8. The largest absolute Gasteiger partial charge is 0.332 e. The number of hydrogen-bond donors (Lipinski definition) is 1. The van der Waals surface area contributed by atoms with Gasteiger partial charge >= 0.3 is 5.69 Å². The fraction of sp³-hybridized carbons (Fsp3) is 0.333. The molecule has 10 nitrogen and oxygen atoms in total. The molecule has 0 atom stereocenters. The van der Waals surface area contributed by atoms with Crippen molar-refractivity contribution >= 4 is 44.2 Å². The lowest BCUT2D eigenvalue weighted by Crippen LogP contribution is -2.37. The Balaban J connectivity index is 1.89. The highest BCUT2D eigenvalue weighted by Gasteiger charge is 2.26. The lowest BCUT2D eigenvalue weighted by atomic mass is 10.2. The molecule has 1 aromatic carbocycles. The minimum absolute atomic E-state index is 0.0840. The van der Waals surface area contributed by atoms with Gasteiger partial charge in [-0.05, 0) is 24.6 Å². The average molecular weight is 454 g/mol. The number of benzene rings is 1. The number of rotatable bonds is 5. The molecule has 0 bridgehead atoms. The minimum atomic E-state index is -4.02. The SMILES string of the molecule is Cc1ccc(Cl)cc1NC(=O)CCS(=O)(=O)c1nc2c(=O)n(C)c(=O)n(C)c2n1C. The summed E-state index contributed by atoms with van der Waals surface area (Å²) in [4.78, 5) is 40.7. The van der Waals surface area contributed by atoms with Crippen LogP contribution in [0.4, 0.5) is 5.69 Å². The summed E-state index contributed by atoms with van der Waals surface area (Å²) in [5, 5.41) is 2.69. The van der Waals surface area contributed by atoms with Crippen molar-refractivity contribution in [1.29, 1.82) is 0 Å². The first kappa shape index (κ1) is 21.8. The molecule has 2 heterocycles. The number of carbonyl (C=O) groups is 1. The van der Waals surface area contributed by atoms with Crippen LogP contribution in [0.2, 0.25) is 5.02 Å². The molecule has 3 rings (SSSR count). The van der Waals surface area contributed by atoms with Crippen LogP contribution < -0.4 is 16.6 Å². The molecule has 0 aliphatic heterocycles. The van der Waals surface area contributed by atoms with Crippen LogP contribution in [0.25, 0.3) is 11.2 Å². The van der Waals surface area contributed by atoms with Crippen LogP contribution in [0.3, 0.4) is 0 Å². The van der Waals surface area contributed by atoms with Gasteiger partial charge in [0.25, 0.3) is 5.56 Å². The molecule has 0 aliphatic carbocycles. The third kappa shape index (κ3) is 3.77. The van der Waals surface area contributed by atoms with E-state index < -0.39 is 32.7 Å². The van der Waals surface area contributed by atoms with Crippen LogP contribution in [-0.4, -0.2) is 38.8 Å². The van der Waals surface area contributed by atoms with Gasteiger partial charge in [-0.2, -0.15) is 0 Å². The van der Waals surface area contributed by atoms with Crippen molar-refractivity contribution in [2.75, 3.05) is 11.1 Å². The highest BCUT2D eigenvalue weighted by Crippen LogP contribution is 2.21. The van der Waals surface area contributed by atoms with Gasteiger partial charge < -0.3 is 9.88 Å². The van der Waals surface area contributed by atoms with E-state index in [9.17, 15) is 22.8 Å². The van der Waals surface area contributed by atoms with E-state index >= 15 is 0 Å². The van der Waals surface area contributed by atoms with E-state index in [4.69, 9.17) is 11.6 Å². The minimum Gasteiger partial charge on any atom is -0.326 e. The zero-order chi connectivity index (χ0) is 22.4. The van der Waals surface area contributed by atoms with Crippen LogP contribution in [0, 0.1) is 6.92 Å². The van der Waals surface area contributed by atoms with Gasteiger partial charge in [0.2, 0.25) is 20.9 Å². The van der Waals surface area contributed by atoms with Crippen molar-refractivity contribution < 1.29 is 13.2 Å². The number of halogens is 1. The van der Waals surface area contributed by atoms with Gasteiger partial charge in [-0.15, -0.1) is 0 Å². The molecule has 0 radical (unpaired) electrons. The molecule has 0 saturated heterocycles. The van der Waals surface area contributed by atoms with Gasteiger partial charge in [-0.3, -0.25) is 18.7 Å². The van der Waals surface area contributed by atoms with Gasteiger partial charge in [0.05, 0.1) is 5.75 Å². The maximum absolute atomic E-state index is 12.8. The number of anilines is 1. The Hall–Kier alpha value is -2.92. The number of fused-ring (bicyclic) bond motifs is 1. The summed E-state index contributed by atoms with van der Waals surface area (Å²) in [6, 6.07) is 4.99. The molecule has 0 aliphatic rings. The molecule has 2 aromatic heterocycles. The van der Waals surface area contributed by atoms with E-state index in [1.54, 1.807) is 25.1 Å². The van der Waals surface area contributed by atoms with Gasteiger partial charge in [0.15, 0.2) is 11.2 Å². The number of aromatic nitrogens is 4. The molecule has 12 heteroatoms. The summed E-state index contributed by atoms with van der Waals surface area (Å²) in [5.41, 5.74) is -0.0794. The Labute approximate surface area is 176 Å². The maximum atomic E-state index is 12.8. The summed E-state index contributed by atoms with van der Waals surface area (Å²) in [6.45, 7) is 1.78. The molecule has 0 spiro atoms. The topological polar surface area (TPSA) is 125 Å². The quantitative estimate of drug-likeness (QED) is 0.607. The van der Waals surface area contributed by atoms with E-state index in [-0.39, 0.29) is 22.7 Å². The first-order chi connectivity index (χ1) is 13.9. The van der Waals surface area contributed by atoms with E-state index in [1.807, 2.05) is 0 Å². The van der Waals surface area contributed by atoms with Crippen molar-refractivity contribution in [1.82, 2.24) is 18.7 Å². The third-order valence-electron chi connectivity index (χ3n) is 4.77. The highest BCUT2D eigenvalue weighted by atomic mass is 35.5. The number of carbonyl (C=O) groups excluding carboxylic acids is 1. The molecule has 0 saturated carbocycles. The second-order valence-corrected chi connectivity index (χ2v) is 9.35. The normalized spacial score (nSPS) is 11.8. The van der Waals surface area contributed by atoms with Gasteiger partial charge in [-0.25, -0.2) is 18.2 Å². The third-order valence-corrected chi connectivity index (χ3v) is 6.67. The molecule has 0 unspecified atom stereocenters. The van der Waals surface area contributed by atoms with E-state index in [0.29, 0.717) is 10.7 Å². The Morgan fingerprint density at radius 1 is 1.13 bits per heavy atom. The van der Waals surface area contributed by atoms with Gasteiger partial charge in [0, 0.05) is 38.3 Å². The van der Waals surface area contributed by atoms with Crippen molar-refractivity contribution in [3.8, 4) is 0 Å². The van der Waals surface area contributed by atoms with Gasteiger partial charge in [-0.1, -0.05) is 17.7 Å². The number of sulfone groups is 1. The van der Waals surface area contributed by atoms with Crippen molar-refractivity contribution in [2.45, 2.75) is 18.5 Å². The molecule has 160 valence electrons. The molecule has 1 N–H and O–H groups in total. The molecular weight excluding hydrogens is 434 g/mol. The fourth-order valence-corrected chi connectivity index (χ4v) is 4.64. The van der Waals surface area contributed by atoms with Crippen LogP contribution in [0.15, 0.2) is 32.9 Å². The summed E-state index contributed by atoms with van der Waals surface area (Å²) in [6.07, 6.45) is -0.325. The Morgan fingerprint density at radius 3 is 2.47 bits per heavy atom. The summed E-state index contributed by atoms with van der Waals surface area (Å²) in [7, 11) is 0.0895. The molecule has 0 fully saturated rings. The van der Waals surface area contributed by atoms with Crippen LogP contribution in [-0.2, 0) is 35.8 Å². The van der Waals surface area contributed by atoms with Gasteiger partial charge in [0.1, 0.15) is 0 Å². The molecule has 3 aromatic rings. The first-order valence-electron chi connectivity index (χ1n) is 8.85. The Kier molecular flexibility index (Phi) is 5.61.